The number of benzene rings is 1. The molecule has 1 aromatic carbocycles. The largest absolute Gasteiger partial charge is 0.362 e. The lowest BCUT2D eigenvalue weighted by Crippen LogP contribution is -2.38. The first-order valence-electron chi connectivity index (χ1n) is 6.82. The van der Waals surface area contributed by atoms with E-state index in [1.54, 1.807) is 0 Å². The Morgan fingerprint density at radius 3 is 2.74 bits per heavy atom. The smallest absolute Gasteiger partial charge is 0.0785 e. The van der Waals surface area contributed by atoms with Crippen LogP contribution in [0.25, 0.3) is 0 Å². The fourth-order valence-corrected chi connectivity index (χ4v) is 4.16. The van der Waals surface area contributed by atoms with Gasteiger partial charge in [-0.2, -0.15) is 0 Å². The van der Waals surface area contributed by atoms with Crippen LogP contribution in [-0.2, 0) is 6.42 Å². The minimum absolute atomic E-state index is 0.128. The number of nitrogens with zero attached hydrogens (tertiary/aromatic N) is 1. The van der Waals surface area contributed by atoms with Crippen molar-refractivity contribution in [2.75, 3.05) is 11.4 Å². The Balaban J connectivity index is 2.02. The summed E-state index contributed by atoms with van der Waals surface area (Å²) in [6, 6.07) is 11.3. The van der Waals surface area contributed by atoms with Crippen molar-refractivity contribution in [3.8, 4) is 0 Å². The highest BCUT2D eigenvalue weighted by Gasteiger charge is 2.30. The lowest BCUT2D eigenvalue weighted by molar-refractivity contribution is 0.547. The van der Waals surface area contributed by atoms with E-state index in [2.05, 4.69) is 54.5 Å². The molecule has 0 spiro atoms. The Hall–Kier alpha value is -1.32. The number of nitrogens with two attached hydrogens (primary N) is 1. The zero-order chi connectivity index (χ0) is 13.4. The maximum Gasteiger partial charge on any atom is 0.0785 e. The van der Waals surface area contributed by atoms with Gasteiger partial charge in [-0.15, -0.1) is 11.3 Å². The Labute approximate surface area is 118 Å². The monoisotopic (exact) mass is 272 g/mol. The molecule has 19 heavy (non-hydrogen) atoms. The van der Waals surface area contributed by atoms with Gasteiger partial charge < -0.3 is 10.6 Å². The van der Waals surface area contributed by atoms with Gasteiger partial charge in [-0.3, -0.25) is 0 Å². The number of hydrogen-bond donors (Lipinski definition) is 1. The molecule has 2 N–H and O–H groups in total. The number of rotatable bonds is 3. The molecule has 0 saturated heterocycles. The molecule has 2 heterocycles. The van der Waals surface area contributed by atoms with E-state index in [9.17, 15) is 0 Å². The van der Waals surface area contributed by atoms with Crippen molar-refractivity contribution in [1.29, 1.82) is 0 Å². The molecule has 0 radical (unpaired) electrons. The average Bonchev–Trinajstić information content (AvgIpc) is 2.98. The van der Waals surface area contributed by atoms with Crippen LogP contribution in [-0.4, -0.2) is 12.6 Å². The van der Waals surface area contributed by atoms with Gasteiger partial charge in [0.2, 0.25) is 0 Å². The molecular formula is C16H20N2S. The first-order chi connectivity index (χ1) is 9.18. The number of thiophene rings is 1. The van der Waals surface area contributed by atoms with Crippen LogP contribution in [0.4, 0.5) is 5.69 Å². The third-order valence-corrected chi connectivity index (χ3v) is 5.02. The van der Waals surface area contributed by atoms with Gasteiger partial charge >= 0.3 is 0 Å². The topological polar surface area (TPSA) is 29.3 Å². The first kappa shape index (κ1) is 12.7. The highest BCUT2D eigenvalue weighted by atomic mass is 32.1. The molecule has 3 rings (SSSR count). The van der Waals surface area contributed by atoms with Crippen molar-refractivity contribution < 1.29 is 0 Å². The summed E-state index contributed by atoms with van der Waals surface area (Å²) < 4.78 is 0. The number of fused-ring (bicyclic) bond motifs is 1. The molecule has 0 aliphatic carbocycles. The van der Waals surface area contributed by atoms with E-state index >= 15 is 0 Å². The van der Waals surface area contributed by atoms with Crippen molar-refractivity contribution in [2.24, 2.45) is 5.73 Å². The molecule has 0 bridgehead atoms. The number of hydrogen-bond acceptors (Lipinski definition) is 3. The van der Waals surface area contributed by atoms with Crippen molar-refractivity contribution in [2.45, 2.75) is 32.4 Å². The molecule has 100 valence electrons. The second kappa shape index (κ2) is 4.99. The standard InChI is InChI=1S/C16H20N2S/c1-11-8-10-19-16(11)15(12(2)17)18-9-7-13-5-3-4-6-14(13)18/h3-6,8,10,12,15H,7,9,17H2,1-2H3. The molecule has 2 unspecified atom stereocenters. The van der Waals surface area contributed by atoms with Crippen LogP contribution < -0.4 is 10.6 Å². The fraction of sp³-hybridized carbons (Fsp3) is 0.375. The van der Waals surface area contributed by atoms with Crippen LogP contribution in [0.5, 0.6) is 0 Å². The Morgan fingerprint density at radius 2 is 2.05 bits per heavy atom. The summed E-state index contributed by atoms with van der Waals surface area (Å²) in [6.45, 7) is 5.37. The van der Waals surface area contributed by atoms with E-state index in [0.29, 0.717) is 6.04 Å². The van der Waals surface area contributed by atoms with Crippen molar-refractivity contribution in [3.05, 3.63) is 51.7 Å². The van der Waals surface area contributed by atoms with E-state index in [1.165, 1.54) is 21.7 Å². The quantitative estimate of drug-likeness (QED) is 0.926. The SMILES string of the molecule is Cc1ccsc1C(C(C)N)N1CCc2ccccc21. The molecule has 1 aliphatic rings. The normalized spacial score (nSPS) is 17.3. The molecule has 0 fully saturated rings. The number of para-hydroxylation sites is 1. The summed E-state index contributed by atoms with van der Waals surface area (Å²) in [5, 5.41) is 2.17. The molecule has 3 heteroatoms. The third kappa shape index (κ3) is 2.17. The van der Waals surface area contributed by atoms with Crippen LogP contribution >= 0.6 is 11.3 Å². The number of anilines is 1. The second-order valence-electron chi connectivity index (χ2n) is 5.34. The van der Waals surface area contributed by atoms with Crippen molar-refractivity contribution in [1.82, 2.24) is 0 Å². The molecule has 2 nitrogen and oxygen atoms in total. The highest BCUT2D eigenvalue weighted by Crippen LogP contribution is 2.38. The average molecular weight is 272 g/mol. The predicted octanol–water partition coefficient (Wildman–Crippen LogP) is 3.51. The zero-order valence-electron chi connectivity index (χ0n) is 11.5. The van der Waals surface area contributed by atoms with E-state index in [1.807, 2.05) is 11.3 Å². The van der Waals surface area contributed by atoms with Gasteiger partial charge in [-0.05, 0) is 48.9 Å². The van der Waals surface area contributed by atoms with Gasteiger partial charge in [0.05, 0.1) is 6.04 Å². The van der Waals surface area contributed by atoms with E-state index < -0.39 is 0 Å². The van der Waals surface area contributed by atoms with Crippen LogP contribution in [0, 0.1) is 6.92 Å². The Morgan fingerprint density at radius 1 is 1.26 bits per heavy atom. The predicted molar refractivity (Wildman–Crippen MR) is 82.9 cm³/mol. The maximum atomic E-state index is 6.30. The highest BCUT2D eigenvalue weighted by molar-refractivity contribution is 7.10. The first-order valence-corrected chi connectivity index (χ1v) is 7.70. The Bertz CT molecular complexity index is 574. The van der Waals surface area contributed by atoms with Gasteiger partial charge in [0.15, 0.2) is 0 Å². The van der Waals surface area contributed by atoms with Gasteiger partial charge in [-0.25, -0.2) is 0 Å². The van der Waals surface area contributed by atoms with E-state index in [0.717, 1.165) is 13.0 Å². The minimum atomic E-state index is 0.128. The summed E-state index contributed by atoms with van der Waals surface area (Å²) in [4.78, 5) is 3.89. The molecule has 0 saturated carbocycles. The van der Waals surface area contributed by atoms with Crippen molar-refractivity contribution in [3.63, 3.8) is 0 Å². The molecule has 1 aliphatic heterocycles. The van der Waals surface area contributed by atoms with Crippen LogP contribution in [0.2, 0.25) is 0 Å². The summed E-state index contributed by atoms with van der Waals surface area (Å²) >= 11 is 1.83. The third-order valence-electron chi connectivity index (χ3n) is 3.93. The van der Waals surface area contributed by atoms with Gasteiger partial charge in [0, 0.05) is 23.2 Å². The van der Waals surface area contributed by atoms with E-state index in [-0.39, 0.29) is 6.04 Å². The summed E-state index contributed by atoms with van der Waals surface area (Å²) in [5.74, 6) is 0. The van der Waals surface area contributed by atoms with Crippen molar-refractivity contribution >= 4 is 17.0 Å². The fourth-order valence-electron chi connectivity index (χ4n) is 3.00. The van der Waals surface area contributed by atoms with E-state index in [4.69, 9.17) is 5.73 Å². The lowest BCUT2D eigenvalue weighted by atomic mass is 10.0. The van der Waals surface area contributed by atoms with Gasteiger partial charge in [0.25, 0.3) is 0 Å². The lowest BCUT2D eigenvalue weighted by Gasteiger charge is -2.33. The van der Waals surface area contributed by atoms with Gasteiger partial charge in [0.1, 0.15) is 0 Å². The van der Waals surface area contributed by atoms with Gasteiger partial charge in [-0.1, -0.05) is 18.2 Å². The second-order valence-corrected chi connectivity index (χ2v) is 6.29. The van der Waals surface area contributed by atoms with Crippen LogP contribution in [0.15, 0.2) is 35.7 Å². The summed E-state index contributed by atoms with van der Waals surface area (Å²) in [5.41, 5.74) is 10.5. The zero-order valence-corrected chi connectivity index (χ0v) is 12.3. The minimum Gasteiger partial charge on any atom is -0.362 e. The number of aryl methyl sites for hydroxylation is 1. The van der Waals surface area contributed by atoms with Crippen LogP contribution in [0.1, 0.15) is 29.0 Å². The summed E-state index contributed by atoms with van der Waals surface area (Å²) in [7, 11) is 0. The molecule has 2 aromatic rings. The molecule has 0 amide bonds. The molecule has 1 aromatic heterocycles. The Kier molecular flexibility index (Phi) is 3.33. The summed E-state index contributed by atoms with van der Waals surface area (Å²) in [6.07, 6.45) is 1.13. The molecule has 2 atom stereocenters. The van der Waals surface area contributed by atoms with Crippen LogP contribution in [0.3, 0.4) is 0 Å². The molecular weight excluding hydrogens is 252 g/mol. The maximum absolute atomic E-state index is 6.30.